The Kier molecular flexibility index (Phi) is 4.42. The average molecular weight is 274 g/mol. The zero-order chi connectivity index (χ0) is 14.7. The van der Waals surface area contributed by atoms with Crippen molar-refractivity contribution < 1.29 is 9.59 Å². The van der Waals surface area contributed by atoms with Crippen LogP contribution in [0.25, 0.3) is 0 Å². The highest BCUT2D eigenvalue weighted by Gasteiger charge is 2.38. The first kappa shape index (κ1) is 14.6. The van der Waals surface area contributed by atoms with Crippen molar-refractivity contribution in [1.82, 2.24) is 5.32 Å². The molecule has 1 aromatic rings. The molecule has 4 nitrogen and oxygen atoms in total. The first-order valence-electron chi connectivity index (χ1n) is 7.31. The van der Waals surface area contributed by atoms with Gasteiger partial charge in [0.2, 0.25) is 11.8 Å². The van der Waals surface area contributed by atoms with E-state index in [0.29, 0.717) is 6.42 Å². The summed E-state index contributed by atoms with van der Waals surface area (Å²) in [5.41, 5.74) is 1.96. The molecule has 2 unspecified atom stereocenters. The summed E-state index contributed by atoms with van der Waals surface area (Å²) in [5.74, 6) is -0.0752. The Labute approximate surface area is 120 Å². The van der Waals surface area contributed by atoms with Crippen LogP contribution in [0.2, 0.25) is 0 Å². The van der Waals surface area contributed by atoms with E-state index in [9.17, 15) is 9.59 Å². The predicted molar refractivity (Wildman–Crippen MR) is 79.6 cm³/mol. The molecule has 108 valence electrons. The molecular weight excluding hydrogens is 252 g/mol. The van der Waals surface area contributed by atoms with Gasteiger partial charge >= 0.3 is 0 Å². The molecule has 1 N–H and O–H groups in total. The Morgan fingerprint density at radius 3 is 2.55 bits per heavy atom. The third-order valence-corrected chi connectivity index (χ3v) is 3.83. The van der Waals surface area contributed by atoms with Crippen molar-refractivity contribution in [3.63, 3.8) is 0 Å². The summed E-state index contributed by atoms with van der Waals surface area (Å²) in [5, 5.41) is 2.82. The standard InChI is InChI=1S/C16H22N2O2/c1-4-8-13-16(20)18(11(3)15(19)17-13)14-10-7-6-9-12(14)5-2/h6-7,9-11,13H,4-5,8H2,1-3H3,(H,17,19). The number of rotatable bonds is 4. The molecule has 0 bridgehead atoms. The van der Waals surface area contributed by atoms with E-state index in [1.165, 1.54) is 0 Å². The van der Waals surface area contributed by atoms with Crippen molar-refractivity contribution in [3.8, 4) is 0 Å². The molecule has 0 spiro atoms. The van der Waals surface area contributed by atoms with Gasteiger partial charge in [-0.05, 0) is 31.4 Å². The maximum absolute atomic E-state index is 12.7. The van der Waals surface area contributed by atoms with E-state index in [1.807, 2.05) is 31.2 Å². The minimum absolute atomic E-state index is 0.000139. The summed E-state index contributed by atoms with van der Waals surface area (Å²) >= 11 is 0. The van der Waals surface area contributed by atoms with Crippen molar-refractivity contribution in [2.24, 2.45) is 0 Å². The summed E-state index contributed by atoms with van der Waals surface area (Å²) in [6, 6.07) is 6.96. The van der Waals surface area contributed by atoms with E-state index in [2.05, 4.69) is 12.2 Å². The highest BCUT2D eigenvalue weighted by Crippen LogP contribution is 2.26. The summed E-state index contributed by atoms with van der Waals surface area (Å²) in [7, 11) is 0. The van der Waals surface area contributed by atoms with Crippen LogP contribution >= 0.6 is 0 Å². The maximum atomic E-state index is 12.7. The van der Waals surface area contributed by atoms with Gasteiger partial charge in [0.1, 0.15) is 12.1 Å². The summed E-state index contributed by atoms with van der Waals surface area (Å²) in [4.78, 5) is 26.4. The van der Waals surface area contributed by atoms with Gasteiger partial charge < -0.3 is 5.32 Å². The second-order valence-electron chi connectivity index (χ2n) is 5.22. The quantitative estimate of drug-likeness (QED) is 0.915. The lowest BCUT2D eigenvalue weighted by atomic mass is 10.0. The maximum Gasteiger partial charge on any atom is 0.250 e. The van der Waals surface area contributed by atoms with Crippen LogP contribution in [0.15, 0.2) is 24.3 Å². The first-order chi connectivity index (χ1) is 9.60. The number of nitrogens with zero attached hydrogens (tertiary/aromatic N) is 1. The monoisotopic (exact) mass is 274 g/mol. The fourth-order valence-electron chi connectivity index (χ4n) is 2.69. The molecule has 4 heteroatoms. The minimum Gasteiger partial charge on any atom is -0.342 e. The highest BCUT2D eigenvalue weighted by atomic mass is 16.2. The molecule has 1 saturated heterocycles. The Hall–Kier alpha value is -1.84. The van der Waals surface area contributed by atoms with E-state index in [-0.39, 0.29) is 11.8 Å². The normalized spacial score (nSPS) is 22.9. The van der Waals surface area contributed by atoms with Gasteiger partial charge in [-0.3, -0.25) is 14.5 Å². The van der Waals surface area contributed by atoms with E-state index < -0.39 is 12.1 Å². The smallest absolute Gasteiger partial charge is 0.250 e. The van der Waals surface area contributed by atoms with Crippen LogP contribution < -0.4 is 10.2 Å². The van der Waals surface area contributed by atoms with Crippen molar-refractivity contribution in [2.75, 3.05) is 4.90 Å². The Morgan fingerprint density at radius 1 is 1.20 bits per heavy atom. The Morgan fingerprint density at radius 2 is 1.90 bits per heavy atom. The molecule has 2 atom stereocenters. The van der Waals surface area contributed by atoms with Crippen molar-refractivity contribution in [3.05, 3.63) is 29.8 Å². The van der Waals surface area contributed by atoms with Crippen LogP contribution in [-0.2, 0) is 16.0 Å². The van der Waals surface area contributed by atoms with E-state index in [4.69, 9.17) is 0 Å². The van der Waals surface area contributed by atoms with Crippen LogP contribution in [0.1, 0.15) is 39.2 Å². The molecule has 20 heavy (non-hydrogen) atoms. The second kappa shape index (κ2) is 6.07. The fourth-order valence-corrected chi connectivity index (χ4v) is 2.69. The van der Waals surface area contributed by atoms with Gasteiger partial charge in [0.15, 0.2) is 0 Å². The van der Waals surface area contributed by atoms with Gasteiger partial charge in [-0.1, -0.05) is 38.5 Å². The number of anilines is 1. The number of para-hydroxylation sites is 1. The number of amides is 2. The van der Waals surface area contributed by atoms with Crippen molar-refractivity contribution in [2.45, 2.75) is 52.1 Å². The number of benzene rings is 1. The predicted octanol–water partition coefficient (Wildman–Crippen LogP) is 2.27. The highest BCUT2D eigenvalue weighted by molar-refractivity contribution is 6.08. The number of carbonyl (C=O) groups is 2. The summed E-state index contributed by atoms with van der Waals surface area (Å²) in [6.45, 7) is 5.85. The van der Waals surface area contributed by atoms with Crippen LogP contribution in [0.4, 0.5) is 5.69 Å². The largest absolute Gasteiger partial charge is 0.342 e. The van der Waals surface area contributed by atoms with Crippen molar-refractivity contribution >= 4 is 17.5 Å². The number of aryl methyl sites for hydroxylation is 1. The van der Waals surface area contributed by atoms with Gasteiger partial charge in [0.05, 0.1) is 0 Å². The lowest BCUT2D eigenvalue weighted by molar-refractivity contribution is -0.133. The lowest BCUT2D eigenvalue weighted by Crippen LogP contribution is -2.62. The molecule has 0 saturated carbocycles. The van der Waals surface area contributed by atoms with Crippen LogP contribution in [0.3, 0.4) is 0 Å². The molecule has 0 aromatic heterocycles. The summed E-state index contributed by atoms with van der Waals surface area (Å²) < 4.78 is 0. The molecule has 1 heterocycles. The van der Waals surface area contributed by atoms with Gasteiger partial charge in [0, 0.05) is 5.69 Å². The number of piperazine rings is 1. The zero-order valence-electron chi connectivity index (χ0n) is 12.3. The van der Waals surface area contributed by atoms with Gasteiger partial charge in [-0.25, -0.2) is 0 Å². The molecule has 2 rings (SSSR count). The number of hydrogen-bond donors (Lipinski definition) is 1. The van der Waals surface area contributed by atoms with Gasteiger partial charge in [-0.2, -0.15) is 0 Å². The van der Waals surface area contributed by atoms with Crippen LogP contribution in [-0.4, -0.2) is 23.9 Å². The molecule has 0 aliphatic carbocycles. The van der Waals surface area contributed by atoms with Gasteiger partial charge in [-0.15, -0.1) is 0 Å². The lowest BCUT2D eigenvalue weighted by Gasteiger charge is -2.38. The number of nitrogens with one attached hydrogen (secondary N) is 1. The van der Waals surface area contributed by atoms with Crippen LogP contribution in [0.5, 0.6) is 0 Å². The Bertz CT molecular complexity index is 513. The average Bonchev–Trinajstić information content (AvgIpc) is 2.46. The fraction of sp³-hybridized carbons (Fsp3) is 0.500. The molecule has 1 aromatic carbocycles. The molecular formula is C16H22N2O2. The van der Waals surface area contributed by atoms with Gasteiger partial charge in [0.25, 0.3) is 0 Å². The first-order valence-corrected chi connectivity index (χ1v) is 7.31. The molecule has 1 aliphatic heterocycles. The van der Waals surface area contributed by atoms with E-state index in [1.54, 1.807) is 11.8 Å². The molecule has 1 aliphatic rings. The SMILES string of the molecule is CCCC1NC(=O)C(C)N(c2ccccc2CC)C1=O. The molecule has 1 fully saturated rings. The minimum atomic E-state index is -0.455. The summed E-state index contributed by atoms with van der Waals surface area (Å²) in [6.07, 6.45) is 2.39. The van der Waals surface area contributed by atoms with Crippen molar-refractivity contribution in [1.29, 1.82) is 0 Å². The van der Waals surface area contributed by atoms with E-state index in [0.717, 1.165) is 24.1 Å². The number of hydrogen-bond acceptors (Lipinski definition) is 2. The third kappa shape index (κ3) is 2.55. The van der Waals surface area contributed by atoms with E-state index >= 15 is 0 Å². The third-order valence-electron chi connectivity index (χ3n) is 3.83. The topological polar surface area (TPSA) is 49.4 Å². The number of carbonyl (C=O) groups excluding carboxylic acids is 2. The molecule has 2 amide bonds. The molecule has 0 radical (unpaired) electrons. The second-order valence-corrected chi connectivity index (χ2v) is 5.22. The zero-order valence-corrected chi connectivity index (χ0v) is 12.3. The Balaban J connectivity index is 2.40. The van der Waals surface area contributed by atoms with Crippen LogP contribution in [0, 0.1) is 0 Å².